The number of hydrogen-bond acceptors (Lipinski definition) is 5. The van der Waals surface area contributed by atoms with Gasteiger partial charge in [0.2, 0.25) is 5.91 Å². The first-order valence-electron chi connectivity index (χ1n) is 6.01. The lowest BCUT2D eigenvalue weighted by Gasteiger charge is -2.23. The molecule has 2 amide bonds. The highest BCUT2D eigenvalue weighted by Gasteiger charge is 2.26. The van der Waals surface area contributed by atoms with Crippen molar-refractivity contribution in [3.05, 3.63) is 29.8 Å². The number of aromatic carboxylic acids is 1. The summed E-state index contributed by atoms with van der Waals surface area (Å²) in [6, 6.07) is 6.06. The molecule has 6 nitrogen and oxygen atoms in total. The van der Waals surface area contributed by atoms with Gasteiger partial charge in [0.15, 0.2) is 0 Å². The van der Waals surface area contributed by atoms with Crippen LogP contribution < -0.4 is 4.74 Å². The van der Waals surface area contributed by atoms with Gasteiger partial charge in [-0.05, 0) is 18.2 Å². The molecule has 1 aromatic rings. The normalized spacial score (nSPS) is 15.3. The van der Waals surface area contributed by atoms with Crippen molar-refractivity contribution >= 4 is 28.9 Å². The minimum Gasteiger partial charge on any atom is -0.492 e. The van der Waals surface area contributed by atoms with Gasteiger partial charge in [0.25, 0.3) is 5.24 Å². The molecule has 0 unspecified atom stereocenters. The minimum atomic E-state index is -1.03. The second kappa shape index (κ2) is 6.42. The van der Waals surface area contributed by atoms with Crippen molar-refractivity contribution in [2.75, 3.05) is 18.9 Å². The Labute approximate surface area is 119 Å². The van der Waals surface area contributed by atoms with Gasteiger partial charge < -0.3 is 9.84 Å². The number of carbonyl (C=O) groups is 3. The van der Waals surface area contributed by atoms with E-state index in [2.05, 4.69) is 0 Å². The van der Waals surface area contributed by atoms with E-state index in [9.17, 15) is 14.4 Å². The summed E-state index contributed by atoms with van der Waals surface area (Å²) in [5.74, 6) is -0.310. The molecule has 20 heavy (non-hydrogen) atoms. The van der Waals surface area contributed by atoms with E-state index in [1.54, 1.807) is 12.1 Å². The molecule has 2 rings (SSSR count). The molecule has 0 bridgehead atoms. The van der Waals surface area contributed by atoms with E-state index in [0.29, 0.717) is 17.9 Å². The van der Waals surface area contributed by atoms with Gasteiger partial charge in [-0.3, -0.25) is 14.5 Å². The van der Waals surface area contributed by atoms with Crippen molar-refractivity contribution in [3.8, 4) is 5.75 Å². The standard InChI is InChI=1S/C13H13NO5S/c15-11-4-7-20-13(18)14(11)5-6-19-10-3-1-2-9(8-10)12(16)17/h1-3,8H,4-7H2,(H,16,17). The molecule has 0 aromatic heterocycles. The van der Waals surface area contributed by atoms with Crippen LogP contribution in [0.4, 0.5) is 4.79 Å². The van der Waals surface area contributed by atoms with E-state index >= 15 is 0 Å². The Morgan fingerprint density at radius 3 is 2.90 bits per heavy atom. The molecule has 0 saturated carbocycles. The maximum absolute atomic E-state index is 11.5. The zero-order valence-electron chi connectivity index (χ0n) is 10.6. The van der Waals surface area contributed by atoms with Crippen LogP contribution in [-0.2, 0) is 4.79 Å². The van der Waals surface area contributed by atoms with Crippen LogP contribution in [0.2, 0.25) is 0 Å². The number of nitrogens with zero attached hydrogens (tertiary/aromatic N) is 1. The summed E-state index contributed by atoms with van der Waals surface area (Å²) in [6.07, 6.45) is 0.352. The maximum Gasteiger partial charge on any atom is 0.335 e. The first-order valence-corrected chi connectivity index (χ1v) is 7.00. The Hall–Kier alpha value is -2.02. The van der Waals surface area contributed by atoms with Crippen molar-refractivity contribution in [1.82, 2.24) is 4.90 Å². The van der Waals surface area contributed by atoms with Gasteiger partial charge in [0.05, 0.1) is 12.1 Å². The Morgan fingerprint density at radius 1 is 1.40 bits per heavy atom. The monoisotopic (exact) mass is 295 g/mol. The average Bonchev–Trinajstić information content (AvgIpc) is 2.42. The van der Waals surface area contributed by atoms with Crippen LogP contribution in [0, 0.1) is 0 Å². The lowest BCUT2D eigenvalue weighted by atomic mass is 10.2. The van der Waals surface area contributed by atoms with Gasteiger partial charge in [-0.1, -0.05) is 17.8 Å². The molecule has 1 saturated heterocycles. The van der Waals surface area contributed by atoms with E-state index in [-0.39, 0.29) is 29.9 Å². The number of thioether (sulfide) groups is 1. The number of imide groups is 1. The first-order chi connectivity index (χ1) is 9.58. The summed E-state index contributed by atoms with van der Waals surface area (Å²) in [6.45, 7) is 0.309. The quantitative estimate of drug-likeness (QED) is 0.892. The number of ether oxygens (including phenoxy) is 1. The second-order valence-electron chi connectivity index (χ2n) is 4.09. The third kappa shape index (κ3) is 3.51. The molecule has 0 radical (unpaired) electrons. The fourth-order valence-corrected chi connectivity index (χ4v) is 2.53. The van der Waals surface area contributed by atoms with Crippen LogP contribution >= 0.6 is 11.8 Å². The third-order valence-corrected chi connectivity index (χ3v) is 3.60. The number of carboxylic acid groups (broad SMARTS) is 1. The maximum atomic E-state index is 11.5. The summed E-state index contributed by atoms with van der Waals surface area (Å²) in [4.78, 5) is 35.0. The van der Waals surface area contributed by atoms with Gasteiger partial charge >= 0.3 is 5.97 Å². The van der Waals surface area contributed by atoms with E-state index in [4.69, 9.17) is 9.84 Å². The third-order valence-electron chi connectivity index (χ3n) is 2.73. The number of rotatable bonds is 5. The second-order valence-corrected chi connectivity index (χ2v) is 5.14. The molecule has 7 heteroatoms. The highest BCUT2D eigenvalue weighted by Crippen LogP contribution is 2.18. The van der Waals surface area contributed by atoms with Crippen LogP contribution in [0.1, 0.15) is 16.8 Å². The predicted octanol–water partition coefficient (Wildman–Crippen LogP) is 1.85. The predicted molar refractivity (Wildman–Crippen MR) is 73.1 cm³/mol. The van der Waals surface area contributed by atoms with Crippen molar-refractivity contribution < 1.29 is 24.2 Å². The molecule has 0 atom stereocenters. The smallest absolute Gasteiger partial charge is 0.335 e. The lowest BCUT2D eigenvalue weighted by Crippen LogP contribution is -2.40. The van der Waals surface area contributed by atoms with E-state index in [1.807, 2.05) is 0 Å². The zero-order valence-corrected chi connectivity index (χ0v) is 11.4. The van der Waals surface area contributed by atoms with Crippen LogP contribution in [0.3, 0.4) is 0 Å². The zero-order chi connectivity index (χ0) is 14.5. The Bertz CT molecular complexity index is 529. The van der Waals surface area contributed by atoms with Crippen LogP contribution in [0.25, 0.3) is 0 Å². The fraction of sp³-hybridized carbons (Fsp3) is 0.308. The summed E-state index contributed by atoms with van der Waals surface area (Å²) in [5.41, 5.74) is 0.128. The van der Waals surface area contributed by atoms with Crippen LogP contribution in [0.5, 0.6) is 5.75 Å². The molecule has 1 heterocycles. The van der Waals surface area contributed by atoms with Crippen LogP contribution in [-0.4, -0.2) is 46.0 Å². The number of amides is 2. The van der Waals surface area contributed by atoms with Crippen molar-refractivity contribution in [1.29, 1.82) is 0 Å². The highest BCUT2D eigenvalue weighted by atomic mass is 32.2. The summed E-state index contributed by atoms with van der Waals surface area (Å²) >= 11 is 1.12. The number of carboxylic acids is 1. The average molecular weight is 295 g/mol. The summed E-state index contributed by atoms with van der Waals surface area (Å²) in [7, 11) is 0. The van der Waals surface area contributed by atoms with Crippen molar-refractivity contribution in [3.63, 3.8) is 0 Å². The molecule has 106 valence electrons. The first kappa shape index (κ1) is 14.4. The van der Waals surface area contributed by atoms with Crippen LogP contribution in [0.15, 0.2) is 24.3 Å². The topological polar surface area (TPSA) is 83.9 Å². The largest absolute Gasteiger partial charge is 0.492 e. The fourth-order valence-electron chi connectivity index (χ4n) is 1.73. The van der Waals surface area contributed by atoms with Crippen molar-refractivity contribution in [2.45, 2.75) is 6.42 Å². The Morgan fingerprint density at radius 2 is 2.20 bits per heavy atom. The lowest BCUT2D eigenvalue weighted by molar-refractivity contribution is -0.127. The van der Waals surface area contributed by atoms with Gasteiger partial charge in [0, 0.05) is 12.2 Å². The van der Waals surface area contributed by atoms with Gasteiger partial charge in [-0.25, -0.2) is 4.79 Å². The van der Waals surface area contributed by atoms with Gasteiger partial charge in [-0.2, -0.15) is 0 Å². The molecule has 0 aliphatic carbocycles. The van der Waals surface area contributed by atoms with Gasteiger partial charge in [0.1, 0.15) is 12.4 Å². The minimum absolute atomic E-state index is 0.128. The Kier molecular flexibility index (Phi) is 4.62. The van der Waals surface area contributed by atoms with Gasteiger partial charge in [-0.15, -0.1) is 0 Å². The number of hydrogen-bond donors (Lipinski definition) is 1. The molecule has 1 aliphatic heterocycles. The highest BCUT2D eigenvalue weighted by molar-refractivity contribution is 8.13. The summed E-state index contributed by atoms with van der Waals surface area (Å²) < 4.78 is 5.38. The summed E-state index contributed by atoms with van der Waals surface area (Å²) in [5, 5.41) is 8.59. The number of benzene rings is 1. The van der Waals surface area contributed by atoms with E-state index < -0.39 is 5.97 Å². The molecule has 1 fully saturated rings. The molecule has 0 spiro atoms. The SMILES string of the molecule is O=C(O)c1cccc(OCCN2C(=O)CCSC2=O)c1. The molecular weight excluding hydrogens is 282 g/mol. The van der Waals surface area contributed by atoms with Crippen molar-refractivity contribution in [2.24, 2.45) is 0 Å². The molecule has 1 aliphatic rings. The van der Waals surface area contributed by atoms with E-state index in [0.717, 1.165) is 16.7 Å². The Balaban J connectivity index is 1.89. The van der Waals surface area contributed by atoms with E-state index in [1.165, 1.54) is 12.1 Å². The number of carbonyl (C=O) groups excluding carboxylic acids is 2. The molecule has 1 aromatic carbocycles. The molecule has 1 N–H and O–H groups in total. The molecular formula is C13H13NO5S.